The lowest BCUT2D eigenvalue weighted by Gasteiger charge is -2.07. The summed E-state index contributed by atoms with van der Waals surface area (Å²) in [6.07, 6.45) is 2.61. The highest BCUT2D eigenvalue weighted by atomic mass is 16.5. The molecule has 0 radical (unpaired) electrons. The average molecular weight is 335 g/mol. The number of benzene rings is 2. The van der Waals surface area contributed by atoms with Crippen molar-refractivity contribution in [3.8, 4) is 11.4 Å². The molecule has 25 heavy (non-hydrogen) atoms. The van der Waals surface area contributed by atoms with Crippen LogP contribution >= 0.6 is 0 Å². The summed E-state index contributed by atoms with van der Waals surface area (Å²) in [6, 6.07) is 19.1. The third-order valence-corrected chi connectivity index (χ3v) is 3.74. The molecule has 0 saturated carbocycles. The summed E-state index contributed by atoms with van der Waals surface area (Å²) >= 11 is 0. The summed E-state index contributed by atoms with van der Waals surface area (Å²) in [7, 11) is 0. The highest BCUT2D eigenvalue weighted by Crippen LogP contribution is 2.13. The normalized spacial score (nSPS) is 10.4. The average Bonchev–Trinajstić information content (AvgIpc) is 3.12. The first-order valence-electron chi connectivity index (χ1n) is 8.37. The van der Waals surface area contributed by atoms with Crippen molar-refractivity contribution >= 4 is 5.91 Å². The van der Waals surface area contributed by atoms with Crippen LogP contribution in [0.3, 0.4) is 0 Å². The van der Waals surface area contributed by atoms with Gasteiger partial charge in [0.25, 0.3) is 5.91 Å². The highest BCUT2D eigenvalue weighted by Gasteiger charge is 2.07. The maximum Gasteiger partial charge on any atom is 0.251 e. The molecule has 0 atom stereocenters. The number of aromatic nitrogens is 2. The van der Waals surface area contributed by atoms with Crippen LogP contribution < -0.4 is 10.1 Å². The van der Waals surface area contributed by atoms with E-state index in [-0.39, 0.29) is 5.91 Å². The monoisotopic (exact) mass is 335 g/mol. The fourth-order valence-corrected chi connectivity index (χ4v) is 2.52. The van der Waals surface area contributed by atoms with Gasteiger partial charge >= 0.3 is 0 Å². The van der Waals surface area contributed by atoms with Gasteiger partial charge in [-0.1, -0.05) is 24.3 Å². The quantitative estimate of drug-likeness (QED) is 0.721. The fourth-order valence-electron chi connectivity index (χ4n) is 2.52. The standard InChI is InChI=1S/C20H21N3O2/c1-2-25-19-10-6-7-16(15-19)20(24)21-13-11-17-12-14-23(22-17)18-8-4-3-5-9-18/h3-10,12,14-15H,2,11,13H2,1H3,(H,21,24). The van der Waals surface area contributed by atoms with Crippen LogP contribution in [0.2, 0.25) is 0 Å². The van der Waals surface area contributed by atoms with E-state index in [0.29, 0.717) is 30.9 Å². The first-order chi connectivity index (χ1) is 12.3. The smallest absolute Gasteiger partial charge is 0.251 e. The van der Waals surface area contributed by atoms with Crippen molar-refractivity contribution in [2.24, 2.45) is 0 Å². The molecule has 0 spiro atoms. The second-order valence-corrected chi connectivity index (χ2v) is 5.55. The van der Waals surface area contributed by atoms with Crippen LogP contribution in [0.25, 0.3) is 5.69 Å². The van der Waals surface area contributed by atoms with E-state index in [1.54, 1.807) is 12.1 Å². The molecule has 0 aliphatic rings. The molecule has 5 nitrogen and oxygen atoms in total. The number of para-hydroxylation sites is 1. The lowest BCUT2D eigenvalue weighted by molar-refractivity contribution is 0.0953. The molecule has 0 fully saturated rings. The third-order valence-electron chi connectivity index (χ3n) is 3.74. The van der Waals surface area contributed by atoms with Gasteiger partial charge in [-0.2, -0.15) is 5.10 Å². The summed E-state index contributed by atoms with van der Waals surface area (Å²) in [4.78, 5) is 12.2. The second-order valence-electron chi connectivity index (χ2n) is 5.55. The van der Waals surface area contributed by atoms with Crippen LogP contribution in [0, 0.1) is 0 Å². The van der Waals surface area contributed by atoms with Gasteiger partial charge in [0, 0.05) is 24.7 Å². The number of hydrogen-bond acceptors (Lipinski definition) is 3. The Balaban J connectivity index is 1.54. The summed E-state index contributed by atoms with van der Waals surface area (Å²) in [5.74, 6) is 0.598. The van der Waals surface area contributed by atoms with E-state index in [4.69, 9.17) is 4.74 Å². The number of amides is 1. The van der Waals surface area contributed by atoms with Gasteiger partial charge < -0.3 is 10.1 Å². The Hall–Kier alpha value is -3.08. The van der Waals surface area contributed by atoms with E-state index >= 15 is 0 Å². The van der Waals surface area contributed by atoms with E-state index in [1.165, 1.54) is 0 Å². The van der Waals surface area contributed by atoms with Crippen LogP contribution in [0.5, 0.6) is 5.75 Å². The van der Waals surface area contributed by atoms with Crippen LogP contribution in [-0.4, -0.2) is 28.8 Å². The zero-order valence-electron chi connectivity index (χ0n) is 14.2. The van der Waals surface area contributed by atoms with Gasteiger partial charge in [-0.15, -0.1) is 0 Å². The second kappa shape index (κ2) is 8.15. The first-order valence-corrected chi connectivity index (χ1v) is 8.37. The number of nitrogens with one attached hydrogen (secondary N) is 1. The number of rotatable bonds is 7. The number of nitrogens with zero attached hydrogens (tertiary/aromatic N) is 2. The minimum Gasteiger partial charge on any atom is -0.494 e. The van der Waals surface area contributed by atoms with Crippen LogP contribution in [0.15, 0.2) is 66.9 Å². The molecule has 3 aromatic rings. The van der Waals surface area contributed by atoms with Crippen LogP contribution in [0.1, 0.15) is 23.0 Å². The molecule has 1 N–H and O–H groups in total. The predicted octanol–water partition coefficient (Wildman–Crippen LogP) is 3.24. The summed E-state index contributed by atoms with van der Waals surface area (Å²) in [6.45, 7) is 3.03. The Bertz CT molecular complexity index is 828. The van der Waals surface area contributed by atoms with Crippen LogP contribution in [-0.2, 0) is 6.42 Å². The number of carbonyl (C=O) groups excluding carboxylic acids is 1. The molecule has 3 rings (SSSR count). The Morgan fingerprint density at radius 1 is 1.12 bits per heavy atom. The van der Waals surface area contributed by atoms with E-state index in [2.05, 4.69) is 10.4 Å². The van der Waals surface area contributed by atoms with E-state index < -0.39 is 0 Å². The van der Waals surface area contributed by atoms with E-state index in [0.717, 1.165) is 11.4 Å². The summed E-state index contributed by atoms with van der Waals surface area (Å²) in [5.41, 5.74) is 2.55. The Morgan fingerprint density at radius 2 is 1.96 bits per heavy atom. The minimum atomic E-state index is -0.107. The zero-order valence-corrected chi connectivity index (χ0v) is 14.2. The Morgan fingerprint density at radius 3 is 2.76 bits per heavy atom. The molecule has 5 heteroatoms. The SMILES string of the molecule is CCOc1cccc(C(=O)NCCc2ccn(-c3ccccc3)n2)c1. The van der Waals surface area contributed by atoms with Gasteiger partial charge in [-0.3, -0.25) is 4.79 Å². The molecule has 0 bridgehead atoms. The van der Waals surface area contributed by atoms with Crippen molar-refractivity contribution < 1.29 is 9.53 Å². The Kier molecular flexibility index (Phi) is 5.46. The van der Waals surface area contributed by atoms with Crippen molar-refractivity contribution in [1.29, 1.82) is 0 Å². The van der Waals surface area contributed by atoms with E-state index in [1.807, 2.05) is 66.3 Å². The van der Waals surface area contributed by atoms with Crippen molar-refractivity contribution in [1.82, 2.24) is 15.1 Å². The maximum atomic E-state index is 12.2. The summed E-state index contributed by atoms with van der Waals surface area (Å²) in [5, 5.41) is 7.46. The van der Waals surface area contributed by atoms with Gasteiger partial charge in [0.15, 0.2) is 0 Å². The van der Waals surface area contributed by atoms with E-state index in [9.17, 15) is 4.79 Å². The van der Waals surface area contributed by atoms with Gasteiger partial charge in [0.1, 0.15) is 5.75 Å². The minimum absolute atomic E-state index is 0.107. The molecular weight excluding hydrogens is 314 g/mol. The molecule has 1 aromatic heterocycles. The maximum absolute atomic E-state index is 12.2. The van der Waals surface area contributed by atoms with Gasteiger partial charge in [0.05, 0.1) is 18.0 Å². The fraction of sp³-hybridized carbons (Fsp3) is 0.200. The van der Waals surface area contributed by atoms with Crippen molar-refractivity contribution in [3.05, 3.63) is 78.1 Å². The number of hydrogen-bond donors (Lipinski definition) is 1. The van der Waals surface area contributed by atoms with Gasteiger partial charge in [-0.05, 0) is 43.3 Å². The molecular formula is C20H21N3O2. The zero-order chi connectivity index (χ0) is 17.5. The molecule has 128 valence electrons. The Labute approximate surface area is 147 Å². The lowest BCUT2D eigenvalue weighted by Crippen LogP contribution is -2.25. The molecule has 0 saturated heterocycles. The first kappa shape index (κ1) is 16.8. The van der Waals surface area contributed by atoms with Crippen LogP contribution in [0.4, 0.5) is 0 Å². The molecule has 1 heterocycles. The third kappa shape index (κ3) is 4.47. The van der Waals surface area contributed by atoms with Gasteiger partial charge in [-0.25, -0.2) is 4.68 Å². The van der Waals surface area contributed by atoms with Gasteiger partial charge in [0.2, 0.25) is 0 Å². The molecule has 0 aliphatic carbocycles. The molecule has 0 unspecified atom stereocenters. The molecule has 2 aromatic carbocycles. The van der Waals surface area contributed by atoms with Crippen molar-refractivity contribution in [2.75, 3.05) is 13.2 Å². The largest absolute Gasteiger partial charge is 0.494 e. The molecule has 1 amide bonds. The van der Waals surface area contributed by atoms with Crippen molar-refractivity contribution in [2.45, 2.75) is 13.3 Å². The highest BCUT2D eigenvalue weighted by molar-refractivity contribution is 5.94. The lowest BCUT2D eigenvalue weighted by atomic mass is 10.2. The topological polar surface area (TPSA) is 56.1 Å². The number of ether oxygens (including phenoxy) is 1. The molecule has 0 aliphatic heterocycles. The van der Waals surface area contributed by atoms with Crippen molar-refractivity contribution in [3.63, 3.8) is 0 Å². The predicted molar refractivity (Wildman–Crippen MR) is 97.2 cm³/mol. The summed E-state index contributed by atoms with van der Waals surface area (Å²) < 4.78 is 7.26. The number of carbonyl (C=O) groups is 1.